The van der Waals surface area contributed by atoms with Crippen molar-refractivity contribution in [3.05, 3.63) is 48.8 Å². The van der Waals surface area contributed by atoms with Crippen LogP contribution in [0.3, 0.4) is 0 Å². The highest BCUT2D eigenvalue weighted by atomic mass is 14.7. The Hall–Kier alpha value is -1.70. The predicted octanol–water partition coefficient (Wildman–Crippen LogP) is 1.74. The lowest BCUT2D eigenvalue weighted by Gasteiger charge is -1.95. The normalized spacial score (nSPS) is 9.67. The smallest absolute Gasteiger partial charge is 0.0892 e. The van der Waals surface area contributed by atoms with E-state index >= 15 is 0 Å². The minimum absolute atomic E-state index is 0.828. The second-order valence-corrected chi connectivity index (χ2v) is 2.28. The van der Waals surface area contributed by atoms with Crippen LogP contribution in [0.2, 0.25) is 0 Å². The van der Waals surface area contributed by atoms with Crippen molar-refractivity contribution in [3.8, 4) is 11.4 Å². The van der Waals surface area contributed by atoms with E-state index in [2.05, 4.69) is 22.1 Å². The lowest BCUT2D eigenvalue weighted by Crippen LogP contribution is -1.84. The minimum Gasteiger partial charge on any atom is -0.255 e. The topological polar surface area (TPSA) is 25.8 Å². The molecule has 56 valence electrons. The second-order valence-electron chi connectivity index (χ2n) is 2.28. The van der Waals surface area contributed by atoms with Crippen LogP contribution in [0.25, 0.3) is 11.4 Å². The van der Waals surface area contributed by atoms with Crippen molar-refractivity contribution in [1.82, 2.24) is 9.97 Å². The average molecular weight is 154 g/mol. The molecule has 0 fully saturated rings. The third-order valence-corrected chi connectivity index (χ3v) is 1.47. The van der Waals surface area contributed by atoms with Crippen LogP contribution in [0.4, 0.5) is 0 Å². The molecule has 2 aromatic rings. The van der Waals surface area contributed by atoms with E-state index < -0.39 is 0 Å². The van der Waals surface area contributed by atoms with E-state index in [0.717, 1.165) is 11.4 Å². The molecule has 0 aliphatic rings. The van der Waals surface area contributed by atoms with Gasteiger partial charge in [-0.05, 0) is 36.4 Å². The molecule has 0 bridgehead atoms. The zero-order chi connectivity index (χ0) is 8.23. The summed E-state index contributed by atoms with van der Waals surface area (Å²) in [5.41, 5.74) is 1.66. The Bertz CT molecular complexity index is 305. The zero-order valence-electron chi connectivity index (χ0n) is 6.36. The van der Waals surface area contributed by atoms with Crippen LogP contribution < -0.4 is 0 Å². The van der Waals surface area contributed by atoms with Gasteiger partial charge in [0.1, 0.15) is 0 Å². The summed E-state index contributed by atoms with van der Waals surface area (Å²) in [7, 11) is 0. The highest BCUT2D eigenvalue weighted by Gasteiger charge is 1.95. The standard InChI is InChI=1S/C10H6N2/c1-3-7-11-9(5-1)10-6-2-4-8-12-10/h3-8H. The first kappa shape index (κ1) is 6.98. The van der Waals surface area contributed by atoms with Gasteiger partial charge in [0.2, 0.25) is 0 Å². The van der Waals surface area contributed by atoms with Gasteiger partial charge in [-0.1, -0.05) is 0 Å². The molecule has 0 aliphatic heterocycles. The van der Waals surface area contributed by atoms with Crippen LogP contribution in [-0.2, 0) is 0 Å². The summed E-state index contributed by atoms with van der Waals surface area (Å²) in [6.45, 7) is 0. The van der Waals surface area contributed by atoms with E-state index in [1.165, 1.54) is 0 Å². The monoisotopic (exact) mass is 154 g/mol. The van der Waals surface area contributed by atoms with Crippen LogP contribution in [0.15, 0.2) is 36.7 Å². The summed E-state index contributed by atoms with van der Waals surface area (Å²) in [4.78, 5) is 8.27. The molecule has 2 rings (SSSR count). The second kappa shape index (κ2) is 3.13. The van der Waals surface area contributed by atoms with Crippen molar-refractivity contribution >= 4 is 0 Å². The zero-order valence-corrected chi connectivity index (χ0v) is 6.36. The fourth-order valence-corrected chi connectivity index (χ4v) is 0.930. The Labute approximate surface area is 70.9 Å². The van der Waals surface area contributed by atoms with Gasteiger partial charge in [0.15, 0.2) is 0 Å². The molecule has 0 spiro atoms. The van der Waals surface area contributed by atoms with Gasteiger partial charge in [0, 0.05) is 12.4 Å². The molecule has 0 aromatic carbocycles. The Morgan fingerprint density at radius 1 is 0.833 bits per heavy atom. The predicted molar refractivity (Wildman–Crippen MR) is 45.1 cm³/mol. The maximum absolute atomic E-state index is 4.14. The molecule has 0 saturated heterocycles. The number of hydrogen-bond acceptors (Lipinski definition) is 2. The van der Waals surface area contributed by atoms with Crippen LogP contribution in [0.5, 0.6) is 0 Å². The number of rotatable bonds is 1. The molecule has 12 heavy (non-hydrogen) atoms. The highest BCUT2D eigenvalue weighted by molar-refractivity contribution is 5.52. The fourth-order valence-electron chi connectivity index (χ4n) is 0.930. The summed E-state index contributed by atoms with van der Waals surface area (Å²) in [5.74, 6) is 0. The molecule has 0 aliphatic carbocycles. The number of hydrogen-bond donors (Lipinski definition) is 0. The maximum atomic E-state index is 4.14. The number of nitrogens with zero attached hydrogens (tertiary/aromatic N) is 2. The van der Waals surface area contributed by atoms with E-state index in [-0.39, 0.29) is 0 Å². The third-order valence-electron chi connectivity index (χ3n) is 1.47. The molecule has 2 nitrogen and oxygen atoms in total. The molecule has 0 amide bonds. The van der Waals surface area contributed by atoms with Crippen LogP contribution >= 0.6 is 0 Å². The fraction of sp³-hybridized carbons (Fsp3) is 0. The SMILES string of the molecule is [c]1ccnc(-c2c[c]ccn2)c1. The summed E-state index contributed by atoms with van der Waals surface area (Å²) in [6, 6.07) is 13.0. The molecular weight excluding hydrogens is 148 g/mol. The third kappa shape index (κ3) is 1.32. The highest BCUT2D eigenvalue weighted by Crippen LogP contribution is 2.10. The van der Waals surface area contributed by atoms with Gasteiger partial charge in [-0.15, -0.1) is 0 Å². The first-order valence-electron chi connectivity index (χ1n) is 3.61. The molecule has 2 heteroatoms. The molecular formula is C10H6N2. The summed E-state index contributed by atoms with van der Waals surface area (Å²) >= 11 is 0. The Morgan fingerprint density at radius 2 is 1.33 bits per heavy atom. The van der Waals surface area contributed by atoms with Crippen molar-refractivity contribution in [3.63, 3.8) is 0 Å². The number of aromatic nitrogens is 2. The van der Waals surface area contributed by atoms with Crippen molar-refractivity contribution in [2.75, 3.05) is 0 Å². The van der Waals surface area contributed by atoms with Gasteiger partial charge in [-0.2, -0.15) is 0 Å². The van der Waals surface area contributed by atoms with Gasteiger partial charge < -0.3 is 0 Å². The van der Waals surface area contributed by atoms with Gasteiger partial charge in [0.05, 0.1) is 11.4 Å². The molecule has 0 saturated carbocycles. The molecule has 2 aromatic heterocycles. The first-order valence-corrected chi connectivity index (χ1v) is 3.61. The molecule has 0 atom stereocenters. The quantitative estimate of drug-likeness (QED) is 0.625. The van der Waals surface area contributed by atoms with Gasteiger partial charge in [-0.25, -0.2) is 0 Å². The number of pyridine rings is 2. The molecule has 2 radical (unpaired) electrons. The van der Waals surface area contributed by atoms with Crippen LogP contribution in [-0.4, -0.2) is 9.97 Å². The summed E-state index contributed by atoms with van der Waals surface area (Å²) in [5, 5.41) is 0. The maximum Gasteiger partial charge on any atom is 0.0892 e. The van der Waals surface area contributed by atoms with E-state index in [9.17, 15) is 0 Å². The van der Waals surface area contributed by atoms with Crippen molar-refractivity contribution in [2.45, 2.75) is 0 Å². The van der Waals surface area contributed by atoms with Gasteiger partial charge in [-0.3, -0.25) is 9.97 Å². The summed E-state index contributed by atoms with van der Waals surface area (Å²) < 4.78 is 0. The molecule has 2 heterocycles. The minimum atomic E-state index is 0.828. The van der Waals surface area contributed by atoms with Crippen molar-refractivity contribution in [1.29, 1.82) is 0 Å². The van der Waals surface area contributed by atoms with Gasteiger partial charge >= 0.3 is 0 Å². The Morgan fingerprint density at radius 3 is 1.67 bits per heavy atom. The first-order chi connectivity index (χ1) is 5.97. The van der Waals surface area contributed by atoms with Crippen molar-refractivity contribution in [2.24, 2.45) is 0 Å². The van der Waals surface area contributed by atoms with E-state index in [0.29, 0.717) is 0 Å². The Balaban J connectivity index is 2.46. The largest absolute Gasteiger partial charge is 0.255 e. The average Bonchev–Trinajstić information content (AvgIpc) is 2.21. The lowest BCUT2D eigenvalue weighted by atomic mass is 10.2. The van der Waals surface area contributed by atoms with Crippen LogP contribution in [0, 0.1) is 12.1 Å². The molecule has 0 unspecified atom stereocenters. The van der Waals surface area contributed by atoms with Gasteiger partial charge in [0.25, 0.3) is 0 Å². The summed E-state index contributed by atoms with van der Waals surface area (Å²) in [6.07, 6.45) is 3.40. The van der Waals surface area contributed by atoms with E-state index in [1.54, 1.807) is 36.7 Å². The lowest BCUT2D eigenvalue weighted by molar-refractivity contribution is 1.24. The Kier molecular flexibility index (Phi) is 1.82. The van der Waals surface area contributed by atoms with Crippen molar-refractivity contribution < 1.29 is 0 Å². The molecule has 0 N–H and O–H groups in total. The van der Waals surface area contributed by atoms with E-state index in [4.69, 9.17) is 0 Å². The van der Waals surface area contributed by atoms with Crippen LogP contribution in [0.1, 0.15) is 0 Å². The van der Waals surface area contributed by atoms with E-state index in [1.807, 2.05) is 0 Å².